The Kier molecular flexibility index (Phi) is 9.74. The summed E-state index contributed by atoms with van der Waals surface area (Å²) in [6, 6.07) is 9.36. The second-order valence-corrected chi connectivity index (χ2v) is 8.22. The smallest absolute Gasteiger partial charge is 0.191 e. The van der Waals surface area contributed by atoms with E-state index in [0.29, 0.717) is 18.0 Å². The van der Waals surface area contributed by atoms with Crippen LogP contribution in [0.25, 0.3) is 0 Å². The number of likely N-dealkylation sites (N-methyl/N-ethyl adjacent to an activating group) is 1. The van der Waals surface area contributed by atoms with Gasteiger partial charge in [0.2, 0.25) is 0 Å². The predicted molar refractivity (Wildman–Crippen MR) is 123 cm³/mol. The number of hydrogen-bond donors (Lipinski definition) is 2. The molecule has 164 valence electrons. The van der Waals surface area contributed by atoms with Gasteiger partial charge in [-0.15, -0.1) is 0 Å². The summed E-state index contributed by atoms with van der Waals surface area (Å²) in [7, 11) is 1.84. The zero-order chi connectivity index (χ0) is 21.2. The molecule has 0 bridgehead atoms. The van der Waals surface area contributed by atoms with Gasteiger partial charge in [0.15, 0.2) is 5.96 Å². The Hall–Kier alpha value is -1.79. The molecule has 1 aromatic carbocycles. The van der Waals surface area contributed by atoms with Gasteiger partial charge in [0.1, 0.15) is 12.4 Å². The molecule has 29 heavy (non-hydrogen) atoms. The minimum Gasteiger partial charge on any atom is -0.492 e. The van der Waals surface area contributed by atoms with Gasteiger partial charge in [-0.3, -0.25) is 9.89 Å². The fourth-order valence-corrected chi connectivity index (χ4v) is 3.71. The molecule has 6 nitrogen and oxygen atoms in total. The molecule has 2 atom stereocenters. The molecule has 1 heterocycles. The molecule has 0 aromatic heterocycles. The largest absolute Gasteiger partial charge is 0.492 e. The van der Waals surface area contributed by atoms with Crippen LogP contribution in [0.3, 0.4) is 0 Å². The fourth-order valence-electron chi connectivity index (χ4n) is 3.71. The minimum atomic E-state index is 0.435. The quantitative estimate of drug-likeness (QED) is 0.465. The zero-order valence-corrected chi connectivity index (χ0v) is 19.2. The SMILES string of the molecule is CCN(CC)CCOc1ccc(CNC(=NC)NC2CN(C(C)C)CC2C)cc1. The molecule has 1 fully saturated rings. The molecule has 0 amide bonds. The zero-order valence-electron chi connectivity index (χ0n) is 19.2. The van der Waals surface area contributed by atoms with Crippen LogP contribution >= 0.6 is 0 Å². The highest BCUT2D eigenvalue weighted by Crippen LogP contribution is 2.18. The molecule has 2 rings (SSSR count). The minimum absolute atomic E-state index is 0.435. The molecular formula is C23H41N5O. The summed E-state index contributed by atoms with van der Waals surface area (Å²) in [4.78, 5) is 9.29. The molecule has 0 saturated carbocycles. The average molecular weight is 404 g/mol. The predicted octanol–water partition coefficient (Wildman–Crippen LogP) is 2.80. The van der Waals surface area contributed by atoms with Gasteiger partial charge < -0.3 is 20.3 Å². The van der Waals surface area contributed by atoms with Crippen molar-refractivity contribution in [2.45, 2.75) is 53.2 Å². The van der Waals surface area contributed by atoms with E-state index in [9.17, 15) is 0 Å². The Labute approximate surface area is 177 Å². The standard InChI is InChI=1S/C23H41N5O/c1-7-27(8-2)13-14-29-21-11-9-20(10-12-21)15-25-23(24-6)26-22-17-28(18(3)4)16-19(22)5/h9-12,18-19,22H,7-8,13-17H2,1-6H3,(H2,24,25,26). The molecule has 0 spiro atoms. The van der Waals surface area contributed by atoms with E-state index in [-0.39, 0.29) is 0 Å². The van der Waals surface area contributed by atoms with Crippen LogP contribution in [-0.4, -0.2) is 74.2 Å². The third-order valence-electron chi connectivity index (χ3n) is 5.87. The van der Waals surface area contributed by atoms with E-state index in [2.05, 4.69) is 84.3 Å². The number of aliphatic imine (C=N–C) groups is 1. The van der Waals surface area contributed by atoms with Crippen molar-refractivity contribution in [2.75, 3.05) is 46.4 Å². The summed E-state index contributed by atoms with van der Waals surface area (Å²) in [5, 5.41) is 7.04. The lowest BCUT2D eigenvalue weighted by Gasteiger charge is -2.22. The van der Waals surface area contributed by atoms with Crippen LogP contribution in [0.4, 0.5) is 0 Å². The lowest BCUT2D eigenvalue weighted by molar-refractivity contribution is 0.223. The van der Waals surface area contributed by atoms with Gasteiger partial charge in [0, 0.05) is 45.3 Å². The van der Waals surface area contributed by atoms with Crippen LogP contribution in [0.2, 0.25) is 0 Å². The van der Waals surface area contributed by atoms with Crippen molar-refractivity contribution >= 4 is 5.96 Å². The van der Waals surface area contributed by atoms with Crippen LogP contribution < -0.4 is 15.4 Å². The van der Waals surface area contributed by atoms with Crippen molar-refractivity contribution < 1.29 is 4.74 Å². The van der Waals surface area contributed by atoms with Crippen LogP contribution in [-0.2, 0) is 6.54 Å². The Morgan fingerprint density at radius 1 is 1.21 bits per heavy atom. The third-order valence-corrected chi connectivity index (χ3v) is 5.87. The summed E-state index contributed by atoms with van der Waals surface area (Å²) in [6.07, 6.45) is 0. The van der Waals surface area contributed by atoms with Gasteiger partial charge in [-0.05, 0) is 50.6 Å². The molecule has 0 aliphatic carbocycles. The maximum Gasteiger partial charge on any atom is 0.191 e. The first-order valence-electron chi connectivity index (χ1n) is 11.1. The molecule has 1 aromatic rings. The highest BCUT2D eigenvalue weighted by atomic mass is 16.5. The summed E-state index contributed by atoms with van der Waals surface area (Å²) >= 11 is 0. The number of hydrogen-bond acceptors (Lipinski definition) is 4. The van der Waals surface area contributed by atoms with Crippen molar-refractivity contribution in [1.29, 1.82) is 0 Å². The number of ether oxygens (including phenoxy) is 1. The maximum atomic E-state index is 5.87. The highest BCUT2D eigenvalue weighted by Gasteiger charge is 2.31. The normalized spacial score (nSPS) is 20.5. The summed E-state index contributed by atoms with van der Waals surface area (Å²) in [5.74, 6) is 2.41. The number of rotatable bonds is 10. The Bertz CT molecular complexity index is 612. The average Bonchev–Trinajstić information content (AvgIpc) is 3.10. The second-order valence-electron chi connectivity index (χ2n) is 8.22. The summed E-state index contributed by atoms with van der Waals surface area (Å²) in [6.45, 7) is 18.0. The fraction of sp³-hybridized carbons (Fsp3) is 0.696. The van der Waals surface area contributed by atoms with E-state index in [1.165, 1.54) is 5.56 Å². The van der Waals surface area contributed by atoms with Crippen molar-refractivity contribution in [1.82, 2.24) is 20.4 Å². The van der Waals surface area contributed by atoms with Crippen molar-refractivity contribution in [3.05, 3.63) is 29.8 Å². The highest BCUT2D eigenvalue weighted by molar-refractivity contribution is 5.80. The van der Waals surface area contributed by atoms with Crippen molar-refractivity contribution in [3.63, 3.8) is 0 Å². The first-order chi connectivity index (χ1) is 14.0. The van der Waals surface area contributed by atoms with Gasteiger partial charge in [0.25, 0.3) is 0 Å². The maximum absolute atomic E-state index is 5.87. The van der Waals surface area contributed by atoms with E-state index < -0.39 is 0 Å². The Morgan fingerprint density at radius 2 is 1.90 bits per heavy atom. The molecule has 1 aliphatic rings. The number of benzene rings is 1. The lowest BCUT2D eigenvalue weighted by Crippen LogP contribution is -2.46. The Balaban J connectivity index is 1.76. The summed E-state index contributed by atoms with van der Waals surface area (Å²) in [5.41, 5.74) is 1.22. The molecular weight excluding hydrogens is 362 g/mol. The van der Waals surface area contributed by atoms with E-state index in [1.54, 1.807) is 0 Å². The van der Waals surface area contributed by atoms with E-state index in [1.807, 2.05) is 7.05 Å². The lowest BCUT2D eigenvalue weighted by atomic mass is 10.1. The Morgan fingerprint density at radius 3 is 2.45 bits per heavy atom. The number of nitrogens with zero attached hydrogens (tertiary/aromatic N) is 3. The second kappa shape index (κ2) is 12.0. The van der Waals surface area contributed by atoms with Crippen LogP contribution in [0.1, 0.15) is 40.2 Å². The van der Waals surface area contributed by atoms with Crippen LogP contribution in [0.5, 0.6) is 5.75 Å². The van der Waals surface area contributed by atoms with E-state index in [4.69, 9.17) is 4.74 Å². The number of nitrogens with one attached hydrogen (secondary N) is 2. The van der Waals surface area contributed by atoms with Gasteiger partial charge in [0.05, 0.1) is 0 Å². The molecule has 0 radical (unpaired) electrons. The van der Waals surface area contributed by atoms with E-state index >= 15 is 0 Å². The monoisotopic (exact) mass is 403 g/mol. The topological polar surface area (TPSA) is 52.1 Å². The molecule has 1 aliphatic heterocycles. The van der Waals surface area contributed by atoms with Gasteiger partial charge in [-0.25, -0.2) is 0 Å². The van der Waals surface area contributed by atoms with Crippen LogP contribution in [0, 0.1) is 5.92 Å². The van der Waals surface area contributed by atoms with Gasteiger partial charge in [-0.2, -0.15) is 0 Å². The number of likely N-dealkylation sites (tertiary alicyclic amines) is 1. The molecule has 6 heteroatoms. The van der Waals surface area contributed by atoms with Crippen molar-refractivity contribution in [2.24, 2.45) is 10.9 Å². The first-order valence-corrected chi connectivity index (χ1v) is 11.1. The molecule has 2 N–H and O–H groups in total. The van der Waals surface area contributed by atoms with E-state index in [0.717, 1.165) is 57.6 Å². The first kappa shape index (κ1) is 23.5. The molecule has 1 saturated heterocycles. The van der Waals surface area contributed by atoms with Crippen molar-refractivity contribution in [3.8, 4) is 5.75 Å². The van der Waals surface area contributed by atoms with Gasteiger partial charge >= 0.3 is 0 Å². The van der Waals surface area contributed by atoms with Gasteiger partial charge in [-0.1, -0.05) is 32.9 Å². The number of guanidine groups is 1. The van der Waals surface area contributed by atoms with Crippen LogP contribution in [0.15, 0.2) is 29.3 Å². The third kappa shape index (κ3) is 7.52. The molecule has 2 unspecified atom stereocenters. The summed E-state index contributed by atoms with van der Waals surface area (Å²) < 4.78 is 5.87.